The van der Waals surface area contributed by atoms with E-state index in [1.54, 1.807) is 21.3 Å². The monoisotopic (exact) mass is 499 g/mol. The molecule has 0 heterocycles. The van der Waals surface area contributed by atoms with Crippen molar-refractivity contribution in [2.45, 2.75) is 19.3 Å². The molecule has 2 aromatic rings. The third-order valence-corrected chi connectivity index (χ3v) is 4.23. The number of guanidine groups is 1. The summed E-state index contributed by atoms with van der Waals surface area (Å²) in [5, 5.41) is 3.15. The van der Waals surface area contributed by atoms with E-state index in [1.165, 1.54) is 5.56 Å². The van der Waals surface area contributed by atoms with Crippen molar-refractivity contribution in [3.8, 4) is 17.2 Å². The lowest BCUT2D eigenvalue weighted by molar-refractivity contribution is 0.354. The lowest BCUT2D eigenvalue weighted by Gasteiger charge is -2.10. The topological polar surface area (TPSA) is 78.1 Å². The first-order valence-corrected chi connectivity index (χ1v) is 9.04. The quantitative estimate of drug-likeness (QED) is 0.227. The molecule has 0 saturated carbocycles. The molecule has 0 bridgehead atoms. The summed E-state index contributed by atoms with van der Waals surface area (Å²) >= 11 is 0. The summed E-state index contributed by atoms with van der Waals surface area (Å²) in [4.78, 5) is 4.38. The molecule has 28 heavy (non-hydrogen) atoms. The van der Waals surface area contributed by atoms with Crippen molar-refractivity contribution in [2.24, 2.45) is 10.7 Å². The van der Waals surface area contributed by atoms with Gasteiger partial charge < -0.3 is 25.3 Å². The second-order valence-electron chi connectivity index (χ2n) is 6.08. The molecule has 6 nitrogen and oxygen atoms in total. The highest BCUT2D eigenvalue weighted by Gasteiger charge is 2.04. The molecule has 0 aliphatic carbocycles. The fourth-order valence-corrected chi connectivity index (χ4v) is 2.70. The van der Waals surface area contributed by atoms with E-state index in [-0.39, 0.29) is 24.0 Å². The van der Waals surface area contributed by atoms with Gasteiger partial charge in [0.15, 0.2) is 17.5 Å². The number of nitrogens with zero attached hydrogens (tertiary/aromatic N) is 1. The largest absolute Gasteiger partial charge is 0.497 e. The highest BCUT2D eigenvalue weighted by atomic mass is 127. The van der Waals surface area contributed by atoms with Crippen LogP contribution in [0, 0.1) is 0 Å². The van der Waals surface area contributed by atoms with Gasteiger partial charge in [-0.25, -0.2) is 0 Å². The molecule has 0 amide bonds. The number of nitrogens with two attached hydrogens (primary N) is 1. The van der Waals surface area contributed by atoms with E-state index in [0.717, 1.165) is 42.1 Å². The molecule has 0 aromatic heterocycles. The Morgan fingerprint density at radius 3 is 2.21 bits per heavy atom. The van der Waals surface area contributed by atoms with Gasteiger partial charge in [0.1, 0.15) is 5.75 Å². The summed E-state index contributed by atoms with van der Waals surface area (Å²) < 4.78 is 15.7. The van der Waals surface area contributed by atoms with Gasteiger partial charge in [-0.2, -0.15) is 0 Å². The van der Waals surface area contributed by atoms with Crippen LogP contribution in [-0.2, 0) is 12.8 Å². The van der Waals surface area contributed by atoms with E-state index in [9.17, 15) is 0 Å². The van der Waals surface area contributed by atoms with Crippen molar-refractivity contribution < 1.29 is 14.2 Å². The zero-order valence-corrected chi connectivity index (χ0v) is 19.1. The number of hydrogen-bond acceptors (Lipinski definition) is 4. The minimum atomic E-state index is 0. The van der Waals surface area contributed by atoms with E-state index in [0.29, 0.717) is 19.0 Å². The van der Waals surface area contributed by atoms with Crippen LogP contribution in [0.5, 0.6) is 17.2 Å². The van der Waals surface area contributed by atoms with Crippen LogP contribution >= 0.6 is 24.0 Å². The first-order chi connectivity index (χ1) is 13.2. The maximum absolute atomic E-state index is 5.93. The second kappa shape index (κ2) is 13.1. The molecule has 0 atom stereocenters. The summed E-state index contributed by atoms with van der Waals surface area (Å²) in [5.41, 5.74) is 8.35. The van der Waals surface area contributed by atoms with Crippen molar-refractivity contribution >= 4 is 29.9 Å². The number of methoxy groups -OCH3 is 3. The van der Waals surface area contributed by atoms with Crippen LogP contribution in [0.15, 0.2) is 47.5 Å². The van der Waals surface area contributed by atoms with Gasteiger partial charge in [-0.05, 0) is 54.7 Å². The molecule has 0 unspecified atom stereocenters. The highest BCUT2D eigenvalue weighted by Crippen LogP contribution is 2.27. The predicted octanol–water partition coefficient (Wildman–Crippen LogP) is 3.41. The van der Waals surface area contributed by atoms with Crippen LogP contribution in [0.4, 0.5) is 0 Å². The molecule has 2 rings (SSSR count). The van der Waals surface area contributed by atoms with Crippen LogP contribution in [-0.4, -0.2) is 40.4 Å². The number of nitrogens with one attached hydrogen (secondary N) is 1. The van der Waals surface area contributed by atoms with Gasteiger partial charge in [0.2, 0.25) is 0 Å². The lowest BCUT2D eigenvalue weighted by atomic mass is 10.1. The van der Waals surface area contributed by atoms with Gasteiger partial charge in [-0.1, -0.05) is 18.2 Å². The molecule has 0 aliphatic rings. The average molecular weight is 499 g/mol. The van der Waals surface area contributed by atoms with Gasteiger partial charge in [0.05, 0.1) is 21.3 Å². The number of benzene rings is 2. The first kappa shape index (κ1) is 23.9. The van der Waals surface area contributed by atoms with Gasteiger partial charge in [0, 0.05) is 13.1 Å². The maximum Gasteiger partial charge on any atom is 0.188 e. The molecule has 0 saturated heterocycles. The van der Waals surface area contributed by atoms with Gasteiger partial charge in [-0.3, -0.25) is 4.99 Å². The molecule has 7 heteroatoms. The normalized spacial score (nSPS) is 10.8. The Morgan fingerprint density at radius 2 is 1.57 bits per heavy atom. The first-order valence-electron chi connectivity index (χ1n) is 9.04. The van der Waals surface area contributed by atoms with Gasteiger partial charge in [-0.15, -0.1) is 24.0 Å². The summed E-state index contributed by atoms with van der Waals surface area (Å²) in [7, 11) is 4.94. The Hall–Kier alpha value is -2.16. The van der Waals surface area contributed by atoms with Crippen LogP contribution in [0.25, 0.3) is 0 Å². The number of rotatable bonds is 10. The van der Waals surface area contributed by atoms with Gasteiger partial charge in [0.25, 0.3) is 0 Å². The molecular weight excluding hydrogens is 469 g/mol. The lowest BCUT2D eigenvalue weighted by Crippen LogP contribution is -2.33. The van der Waals surface area contributed by atoms with E-state index in [4.69, 9.17) is 19.9 Å². The third kappa shape index (κ3) is 7.84. The second-order valence-corrected chi connectivity index (χ2v) is 6.08. The molecule has 0 spiro atoms. The number of hydrogen-bond donors (Lipinski definition) is 2. The highest BCUT2D eigenvalue weighted by molar-refractivity contribution is 14.0. The van der Waals surface area contributed by atoms with Crippen molar-refractivity contribution in [2.75, 3.05) is 34.4 Å². The minimum Gasteiger partial charge on any atom is -0.497 e. The van der Waals surface area contributed by atoms with Crippen molar-refractivity contribution in [3.05, 3.63) is 53.6 Å². The third-order valence-electron chi connectivity index (χ3n) is 4.23. The summed E-state index contributed by atoms with van der Waals surface area (Å²) in [5.74, 6) is 2.81. The maximum atomic E-state index is 5.93. The van der Waals surface area contributed by atoms with Crippen LogP contribution in [0.2, 0.25) is 0 Å². The SMILES string of the molecule is COc1ccc(CCCN=C(N)NCCc2ccc(OC)c(OC)c2)cc1.I. The number of aliphatic imine (C=N–C) groups is 1. The Balaban J connectivity index is 0.00000392. The van der Waals surface area contributed by atoms with Crippen molar-refractivity contribution in [1.82, 2.24) is 5.32 Å². The van der Waals surface area contributed by atoms with E-state index >= 15 is 0 Å². The van der Waals surface area contributed by atoms with E-state index in [2.05, 4.69) is 22.4 Å². The van der Waals surface area contributed by atoms with Gasteiger partial charge >= 0.3 is 0 Å². The fourth-order valence-electron chi connectivity index (χ4n) is 2.70. The number of ether oxygens (including phenoxy) is 3. The Bertz CT molecular complexity index is 736. The summed E-state index contributed by atoms with van der Waals surface area (Å²) in [6.45, 7) is 1.41. The van der Waals surface area contributed by atoms with Crippen LogP contribution in [0.3, 0.4) is 0 Å². The molecule has 154 valence electrons. The molecule has 3 N–H and O–H groups in total. The predicted molar refractivity (Wildman–Crippen MR) is 124 cm³/mol. The molecule has 0 fully saturated rings. The fraction of sp³-hybridized carbons (Fsp3) is 0.381. The zero-order valence-electron chi connectivity index (χ0n) is 16.7. The smallest absolute Gasteiger partial charge is 0.188 e. The molecule has 0 aliphatic heterocycles. The number of halogens is 1. The molecule has 0 radical (unpaired) electrons. The summed E-state index contributed by atoms with van der Waals surface area (Å²) in [6.07, 6.45) is 2.74. The molecular formula is C21H30IN3O3. The minimum absolute atomic E-state index is 0. The summed E-state index contributed by atoms with van der Waals surface area (Å²) in [6, 6.07) is 14.0. The zero-order chi connectivity index (χ0) is 19.5. The van der Waals surface area contributed by atoms with Crippen LogP contribution < -0.4 is 25.3 Å². The van der Waals surface area contributed by atoms with Crippen molar-refractivity contribution in [1.29, 1.82) is 0 Å². The van der Waals surface area contributed by atoms with Crippen molar-refractivity contribution in [3.63, 3.8) is 0 Å². The standard InChI is InChI=1S/C21H29N3O3.HI/c1-25-18-9-6-16(7-10-18)5-4-13-23-21(22)24-14-12-17-8-11-19(26-2)20(15-17)27-3;/h6-11,15H,4-5,12-14H2,1-3H3,(H3,22,23,24);1H. The van der Waals surface area contributed by atoms with E-state index < -0.39 is 0 Å². The Morgan fingerprint density at radius 1 is 0.893 bits per heavy atom. The van der Waals surface area contributed by atoms with Crippen LogP contribution in [0.1, 0.15) is 17.5 Å². The average Bonchev–Trinajstić information content (AvgIpc) is 2.71. The number of aryl methyl sites for hydroxylation is 1. The Kier molecular flexibility index (Phi) is 11.2. The van der Waals surface area contributed by atoms with E-state index in [1.807, 2.05) is 30.3 Å². The molecule has 2 aromatic carbocycles. The Labute approximate surface area is 184 Å².